The first-order valence-electron chi connectivity index (χ1n) is 24.3. The van der Waals surface area contributed by atoms with Gasteiger partial charge in [-0.2, -0.15) is 0 Å². The molecule has 0 aliphatic carbocycles. The summed E-state index contributed by atoms with van der Waals surface area (Å²) in [4.78, 5) is 25.3. The number of amides is 1. The molecule has 0 aliphatic heterocycles. The molecule has 0 bridgehead atoms. The highest BCUT2D eigenvalue weighted by molar-refractivity contribution is 7.45. The summed E-state index contributed by atoms with van der Waals surface area (Å²) in [6.07, 6.45) is 56.7. The molecule has 0 rings (SSSR count). The number of aliphatic hydroxyl groups excluding tert-OH is 1. The number of allylic oxidation sites excluding steroid dienone is 11. The van der Waals surface area contributed by atoms with Crippen LogP contribution < -0.4 is 10.2 Å². The lowest BCUT2D eigenvalue weighted by molar-refractivity contribution is -0.870. The molecule has 0 aromatic heterocycles. The average Bonchev–Trinajstić information content (AvgIpc) is 3.20. The molecule has 8 nitrogen and oxygen atoms in total. The van der Waals surface area contributed by atoms with Gasteiger partial charge in [0.25, 0.3) is 7.82 Å². The quantitative estimate of drug-likeness (QED) is 0.0274. The van der Waals surface area contributed by atoms with Gasteiger partial charge in [-0.3, -0.25) is 9.36 Å². The van der Waals surface area contributed by atoms with Gasteiger partial charge >= 0.3 is 0 Å². The van der Waals surface area contributed by atoms with Crippen LogP contribution in [-0.4, -0.2) is 68.5 Å². The molecule has 0 heterocycles. The lowest BCUT2D eigenvalue weighted by Gasteiger charge is -2.29. The first kappa shape index (κ1) is 57.9. The van der Waals surface area contributed by atoms with Crippen LogP contribution in [0.3, 0.4) is 0 Å². The molecule has 0 aromatic rings. The average molecular weight is 861 g/mol. The maximum absolute atomic E-state index is 12.9. The summed E-state index contributed by atoms with van der Waals surface area (Å²) in [5.41, 5.74) is 0. The van der Waals surface area contributed by atoms with Gasteiger partial charge in [0.15, 0.2) is 0 Å². The van der Waals surface area contributed by atoms with Gasteiger partial charge in [-0.1, -0.05) is 189 Å². The van der Waals surface area contributed by atoms with Gasteiger partial charge in [0.05, 0.1) is 39.9 Å². The summed E-state index contributed by atoms with van der Waals surface area (Å²) in [5.74, 6) is -0.233. The second-order valence-corrected chi connectivity index (χ2v) is 18.8. The monoisotopic (exact) mass is 861 g/mol. The molecule has 0 saturated carbocycles. The number of carbonyl (C=O) groups excluding carboxylic acids is 1. The Kier molecular flexibility index (Phi) is 40.8. The van der Waals surface area contributed by atoms with E-state index < -0.39 is 26.6 Å². The number of hydrogen-bond acceptors (Lipinski definition) is 6. The zero-order valence-corrected chi connectivity index (χ0v) is 40.3. The van der Waals surface area contributed by atoms with E-state index in [0.29, 0.717) is 17.4 Å². The van der Waals surface area contributed by atoms with E-state index in [4.69, 9.17) is 9.05 Å². The molecule has 3 unspecified atom stereocenters. The summed E-state index contributed by atoms with van der Waals surface area (Å²) in [7, 11) is 1.22. The molecule has 1 amide bonds. The summed E-state index contributed by atoms with van der Waals surface area (Å²) >= 11 is 0. The maximum atomic E-state index is 12.9. The lowest BCUT2D eigenvalue weighted by atomic mass is 10.0. The fourth-order valence-corrected chi connectivity index (χ4v) is 7.29. The Balaban J connectivity index is 4.45. The minimum Gasteiger partial charge on any atom is -0.756 e. The number of hydrogen-bond donors (Lipinski definition) is 2. The fourth-order valence-electron chi connectivity index (χ4n) is 6.57. The fraction of sp³-hybridized carbons (Fsp3) is 0.745. The molecule has 0 spiro atoms. The predicted molar refractivity (Wildman–Crippen MR) is 256 cm³/mol. The van der Waals surface area contributed by atoms with Crippen LogP contribution in [0.1, 0.15) is 194 Å². The zero-order chi connectivity index (χ0) is 44.3. The number of nitrogens with one attached hydrogen (secondary N) is 1. The minimum atomic E-state index is -4.61. The number of phosphoric ester groups is 1. The summed E-state index contributed by atoms with van der Waals surface area (Å²) in [5, 5.41) is 13.8. The van der Waals surface area contributed by atoms with Crippen molar-refractivity contribution in [3.05, 3.63) is 72.9 Å². The van der Waals surface area contributed by atoms with E-state index in [2.05, 4.69) is 79.9 Å². The van der Waals surface area contributed by atoms with Crippen LogP contribution in [0.15, 0.2) is 72.9 Å². The molecule has 0 aliphatic rings. The SMILES string of the molecule is CC/C=C\C/C=C\C/C=C\C/C=C\CCCCCCC(=O)NC(COP(=O)([O-])OCC[N+](C)(C)C)C(O)/C=C/CC/C=C/CCCCCCCCCCCCCCCCC. The van der Waals surface area contributed by atoms with Gasteiger partial charge in [0.2, 0.25) is 5.91 Å². The van der Waals surface area contributed by atoms with E-state index in [1.165, 1.54) is 96.3 Å². The largest absolute Gasteiger partial charge is 0.756 e. The highest BCUT2D eigenvalue weighted by Gasteiger charge is 2.23. The van der Waals surface area contributed by atoms with Crippen LogP contribution in [-0.2, 0) is 18.4 Å². The molecule has 0 aromatic carbocycles. The molecule has 2 N–H and O–H groups in total. The number of aliphatic hydroxyl groups is 1. The van der Waals surface area contributed by atoms with E-state index >= 15 is 0 Å². The van der Waals surface area contributed by atoms with E-state index in [0.717, 1.165) is 77.0 Å². The number of nitrogens with zero attached hydrogens (tertiary/aromatic N) is 1. The molecule has 348 valence electrons. The third-order valence-corrected chi connectivity index (χ3v) is 11.4. The van der Waals surface area contributed by atoms with Crippen molar-refractivity contribution < 1.29 is 32.9 Å². The Labute approximate surface area is 370 Å². The third kappa shape index (κ3) is 44.0. The highest BCUT2D eigenvalue weighted by Crippen LogP contribution is 2.38. The molecule has 0 saturated heterocycles. The van der Waals surface area contributed by atoms with Crippen LogP contribution in [0, 0.1) is 0 Å². The molecule has 9 heteroatoms. The van der Waals surface area contributed by atoms with E-state index in [1.807, 2.05) is 27.2 Å². The molecule has 0 radical (unpaired) electrons. The molecular formula is C51H93N2O6P. The van der Waals surface area contributed by atoms with Gasteiger partial charge in [0.1, 0.15) is 13.2 Å². The zero-order valence-electron chi connectivity index (χ0n) is 39.4. The Bertz CT molecular complexity index is 1200. The summed E-state index contributed by atoms with van der Waals surface area (Å²) < 4.78 is 23.2. The molecule has 0 fully saturated rings. The van der Waals surface area contributed by atoms with Crippen LogP contribution in [0.4, 0.5) is 0 Å². The van der Waals surface area contributed by atoms with Crippen molar-refractivity contribution in [3.63, 3.8) is 0 Å². The van der Waals surface area contributed by atoms with Crippen molar-refractivity contribution in [1.29, 1.82) is 0 Å². The van der Waals surface area contributed by atoms with Crippen molar-refractivity contribution >= 4 is 13.7 Å². The number of rotatable bonds is 43. The Morgan fingerprint density at radius 1 is 0.600 bits per heavy atom. The van der Waals surface area contributed by atoms with Gasteiger partial charge < -0.3 is 28.8 Å². The van der Waals surface area contributed by atoms with Gasteiger partial charge in [-0.25, -0.2) is 0 Å². The van der Waals surface area contributed by atoms with E-state index in [1.54, 1.807) is 6.08 Å². The van der Waals surface area contributed by atoms with E-state index in [-0.39, 0.29) is 12.5 Å². The van der Waals surface area contributed by atoms with Crippen LogP contribution in [0.2, 0.25) is 0 Å². The van der Waals surface area contributed by atoms with Crippen LogP contribution in [0.5, 0.6) is 0 Å². The Morgan fingerprint density at radius 3 is 1.55 bits per heavy atom. The van der Waals surface area contributed by atoms with Crippen LogP contribution >= 0.6 is 7.82 Å². The van der Waals surface area contributed by atoms with Gasteiger partial charge in [0, 0.05) is 6.42 Å². The Hall–Kier alpha value is -2.06. The molecule has 60 heavy (non-hydrogen) atoms. The van der Waals surface area contributed by atoms with Crippen molar-refractivity contribution in [1.82, 2.24) is 5.32 Å². The smallest absolute Gasteiger partial charge is 0.268 e. The van der Waals surface area contributed by atoms with Crippen molar-refractivity contribution in [2.24, 2.45) is 0 Å². The van der Waals surface area contributed by atoms with Gasteiger partial charge in [-0.15, -0.1) is 0 Å². The predicted octanol–water partition coefficient (Wildman–Crippen LogP) is 13.3. The first-order chi connectivity index (χ1) is 29.0. The second kappa shape index (κ2) is 42.3. The van der Waals surface area contributed by atoms with Crippen molar-refractivity contribution in [3.8, 4) is 0 Å². The van der Waals surface area contributed by atoms with Crippen molar-refractivity contribution in [2.75, 3.05) is 40.9 Å². The number of likely N-dealkylation sites (N-methyl/N-ethyl adjacent to an activating group) is 1. The standard InChI is InChI=1S/C51H93N2O6P/c1-6-8-10-12-14-16-18-20-22-24-25-26-27-29-30-32-34-36-38-40-42-44-50(54)49(48-59-60(56,57)58-47-46-53(3,4)5)52-51(55)45-43-41-39-37-35-33-31-28-23-21-19-17-15-13-11-9-7-2/h9,11,15,17,21,23,31,33-34,36,42,44,49-50,54H,6-8,10,12-14,16,18-20,22,24-30,32,35,37-41,43,45-48H2,1-5H3,(H-,52,55,56,57)/b11-9-,17-15-,23-21-,33-31-,36-34+,44-42+. The lowest BCUT2D eigenvalue weighted by Crippen LogP contribution is -2.45. The molecular weight excluding hydrogens is 768 g/mol. The second-order valence-electron chi connectivity index (χ2n) is 17.4. The number of phosphoric acid groups is 1. The normalized spacial score (nSPS) is 14.8. The van der Waals surface area contributed by atoms with Crippen molar-refractivity contribution in [2.45, 2.75) is 206 Å². The Morgan fingerprint density at radius 2 is 1.03 bits per heavy atom. The molecule has 3 atom stereocenters. The van der Waals surface area contributed by atoms with Gasteiger partial charge in [-0.05, 0) is 70.6 Å². The topological polar surface area (TPSA) is 108 Å². The summed E-state index contributed by atoms with van der Waals surface area (Å²) in [6.45, 7) is 4.49. The maximum Gasteiger partial charge on any atom is 0.268 e. The summed E-state index contributed by atoms with van der Waals surface area (Å²) in [6, 6.07) is -0.920. The number of unbranched alkanes of at least 4 members (excludes halogenated alkanes) is 20. The number of quaternary nitrogens is 1. The van der Waals surface area contributed by atoms with E-state index in [9.17, 15) is 19.4 Å². The highest BCUT2D eigenvalue weighted by atomic mass is 31.2. The third-order valence-electron chi connectivity index (χ3n) is 10.4. The first-order valence-corrected chi connectivity index (χ1v) is 25.8. The van der Waals surface area contributed by atoms with Crippen LogP contribution in [0.25, 0.3) is 0 Å². The number of carbonyl (C=O) groups is 1. The minimum absolute atomic E-state index is 0.0149.